The predicted molar refractivity (Wildman–Crippen MR) is 113 cm³/mol. The van der Waals surface area contributed by atoms with Crippen LogP contribution in [0.3, 0.4) is 0 Å². The van der Waals surface area contributed by atoms with Gasteiger partial charge in [-0.25, -0.2) is 0 Å². The van der Waals surface area contributed by atoms with Gasteiger partial charge in [-0.2, -0.15) is 4.58 Å². The Morgan fingerprint density at radius 3 is 2.81 bits per heavy atom. The lowest BCUT2D eigenvalue weighted by molar-refractivity contribution is -0.513. The normalized spacial score (nSPS) is 23.4. The summed E-state index contributed by atoms with van der Waals surface area (Å²) in [5.41, 5.74) is 3.91. The van der Waals surface area contributed by atoms with E-state index in [1.165, 1.54) is 49.1 Å². The zero-order chi connectivity index (χ0) is 19.0. The molecule has 2 aliphatic heterocycles. The number of fused-ring (bicyclic) bond motifs is 1. The van der Waals surface area contributed by atoms with E-state index in [2.05, 4.69) is 48.5 Å². The number of halogens is 1. The highest BCUT2D eigenvalue weighted by Crippen LogP contribution is 2.49. The molecule has 2 heterocycles. The van der Waals surface area contributed by atoms with Crippen molar-refractivity contribution >= 4 is 23.2 Å². The Kier molecular flexibility index (Phi) is 5.24. The maximum Gasteiger partial charge on any atom is 0.364 e. The number of likely N-dealkylation sites (N-methyl/N-ethyl adjacent to an activating group) is 1. The van der Waals surface area contributed by atoms with Gasteiger partial charge in [-0.1, -0.05) is 51.1 Å². The van der Waals surface area contributed by atoms with Gasteiger partial charge in [-0.05, 0) is 43.0 Å². The van der Waals surface area contributed by atoms with E-state index >= 15 is 0 Å². The number of anilines is 1. The minimum Gasteiger partial charge on any atom is -0.438 e. The highest BCUT2D eigenvalue weighted by atomic mass is 35.5. The first-order valence-corrected chi connectivity index (χ1v) is 10.9. The van der Waals surface area contributed by atoms with Crippen molar-refractivity contribution in [3.05, 3.63) is 40.6 Å². The number of ether oxygens (including phenoxy) is 1. The monoisotopic (exact) mass is 387 g/mol. The number of nitrogens with zero attached hydrogens (tertiary/aromatic N) is 2. The SMILES string of the molecule is CC[N+]1=C(/C=C2/N(CCC3CCCC3)c3ccc(Cl)cc3C2(C)C)OCC1. The van der Waals surface area contributed by atoms with Gasteiger partial charge in [0, 0.05) is 28.4 Å². The molecule has 0 N–H and O–H groups in total. The Balaban J connectivity index is 1.71. The molecule has 0 aromatic heterocycles. The van der Waals surface area contributed by atoms with Crippen LogP contribution in [0, 0.1) is 5.92 Å². The third-order valence-corrected chi connectivity index (χ3v) is 6.89. The Hall–Kier alpha value is -1.48. The molecule has 3 aliphatic rings. The van der Waals surface area contributed by atoms with E-state index in [9.17, 15) is 0 Å². The molecule has 27 heavy (non-hydrogen) atoms. The van der Waals surface area contributed by atoms with Gasteiger partial charge in [0.15, 0.2) is 13.2 Å². The minimum atomic E-state index is -0.0751. The van der Waals surface area contributed by atoms with E-state index in [-0.39, 0.29) is 5.41 Å². The van der Waals surface area contributed by atoms with Gasteiger partial charge in [0.2, 0.25) is 0 Å². The summed E-state index contributed by atoms with van der Waals surface area (Å²) in [5.74, 6) is 1.90. The second-order valence-corrected chi connectivity index (χ2v) is 9.11. The maximum absolute atomic E-state index is 6.37. The van der Waals surface area contributed by atoms with Gasteiger partial charge >= 0.3 is 5.90 Å². The van der Waals surface area contributed by atoms with Crippen LogP contribution < -0.4 is 4.90 Å². The molecule has 4 heteroatoms. The van der Waals surface area contributed by atoms with Crippen LogP contribution in [0.15, 0.2) is 30.0 Å². The summed E-state index contributed by atoms with van der Waals surface area (Å²) in [5, 5.41) is 0.818. The topological polar surface area (TPSA) is 15.5 Å². The second-order valence-electron chi connectivity index (χ2n) is 8.67. The average molecular weight is 388 g/mol. The molecule has 1 saturated carbocycles. The van der Waals surface area contributed by atoms with Crippen molar-refractivity contribution in [1.82, 2.24) is 0 Å². The van der Waals surface area contributed by atoms with Gasteiger partial charge in [0.05, 0.1) is 6.08 Å². The smallest absolute Gasteiger partial charge is 0.364 e. The molecular formula is C23H32ClN2O+. The fraction of sp³-hybridized carbons (Fsp3) is 0.609. The number of benzene rings is 1. The lowest BCUT2D eigenvalue weighted by atomic mass is 9.83. The number of hydrogen-bond donors (Lipinski definition) is 0. The third-order valence-electron chi connectivity index (χ3n) is 6.65. The largest absolute Gasteiger partial charge is 0.438 e. The van der Waals surface area contributed by atoms with Crippen molar-refractivity contribution in [1.29, 1.82) is 0 Å². The van der Waals surface area contributed by atoms with Crippen LogP contribution >= 0.6 is 11.6 Å². The van der Waals surface area contributed by atoms with Crippen molar-refractivity contribution in [3.63, 3.8) is 0 Å². The van der Waals surface area contributed by atoms with Crippen LogP contribution in [0.4, 0.5) is 5.69 Å². The average Bonchev–Trinajstić information content (AvgIpc) is 3.35. The molecule has 0 amide bonds. The molecule has 146 valence electrons. The molecule has 1 aromatic carbocycles. The molecule has 0 unspecified atom stereocenters. The summed E-state index contributed by atoms with van der Waals surface area (Å²) in [6, 6.07) is 6.38. The molecule has 1 aliphatic carbocycles. The molecule has 0 bridgehead atoms. The first-order chi connectivity index (χ1) is 13.0. The number of rotatable bonds is 5. The zero-order valence-electron chi connectivity index (χ0n) is 16.9. The Morgan fingerprint density at radius 2 is 2.07 bits per heavy atom. The summed E-state index contributed by atoms with van der Waals surface area (Å²) in [6.07, 6.45) is 9.16. The fourth-order valence-electron chi connectivity index (χ4n) is 4.99. The molecule has 0 atom stereocenters. The van der Waals surface area contributed by atoms with E-state index in [1.54, 1.807) is 0 Å². The van der Waals surface area contributed by atoms with Gasteiger partial charge < -0.3 is 9.64 Å². The highest BCUT2D eigenvalue weighted by molar-refractivity contribution is 6.30. The Bertz CT molecular complexity index is 775. The quantitative estimate of drug-likeness (QED) is 0.631. The molecule has 0 spiro atoms. The van der Waals surface area contributed by atoms with Crippen LogP contribution in [0.5, 0.6) is 0 Å². The van der Waals surface area contributed by atoms with Gasteiger partial charge in [0.1, 0.15) is 6.54 Å². The molecule has 0 saturated heterocycles. The van der Waals surface area contributed by atoms with Gasteiger partial charge in [-0.15, -0.1) is 0 Å². The summed E-state index contributed by atoms with van der Waals surface area (Å²) in [6.45, 7) is 10.7. The van der Waals surface area contributed by atoms with Gasteiger partial charge in [-0.3, -0.25) is 0 Å². The van der Waals surface area contributed by atoms with Crippen LogP contribution in [-0.4, -0.2) is 36.7 Å². The number of allylic oxidation sites excluding steroid dienone is 1. The molecule has 0 radical (unpaired) electrons. The van der Waals surface area contributed by atoms with Crippen molar-refractivity contribution in [2.75, 3.05) is 31.1 Å². The van der Waals surface area contributed by atoms with Crippen molar-refractivity contribution in [2.45, 2.75) is 58.3 Å². The summed E-state index contributed by atoms with van der Waals surface area (Å²) >= 11 is 6.37. The molecule has 1 fully saturated rings. The standard InChI is InChI=1S/C23H32ClN2O/c1-4-25-13-14-27-22(25)16-21-23(2,3)19-15-18(24)9-10-20(19)26(21)12-11-17-7-5-6-8-17/h9-10,15-17H,4-8,11-14H2,1-3H3/q+1. The maximum atomic E-state index is 6.37. The molecule has 1 aromatic rings. The van der Waals surface area contributed by atoms with Crippen LogP contribution in [0.1, 0.15) is 58.4 Å². The first-order valence-electron chi connectivity index (χ1n) is 10.5. The van der Waals surface area contributed by atoms with E-state index in [1.807, 2.05) is 6.07 Å². The van der Waals surface area contributed by atoms with E-state index in [0.29, 0.717) is 0 Å². The lowest BCUT2D eigenvalue weighted by Crippen LogP contribution is -2.29. The van der Waals surface area contributed by atoms with Gasteiger partial charge in [0.25, 0.3) is 0 Å². The van der Waals surface area contributed by atoms with Crippen molar-refractivity contribution in [2.24, 2.45) is 5.92 Å². The summed E-state index contributed by atoms with van der Waals surface area (Å²) < 4.78 is 8.30. The van der Waals surface area contributed by atoms with Crippen molar-refractivity contribution in [3.8, 4) is 0 Å². The molecule has 3 nitrogen and oxygen atoms in total. The summed E-state index contributed by atoms with van der Waals surface area (Å²) in [7, 11) is 0. The Labute approximate surface area is 168 Å². The lowest BCUT2D eigenvalue weighted by Gasteiger charge is -2.27. The molecular weight excluding hydrogens is 356 g/mol. The van der Waals surface area contributed by atoms with Crippen LogP contribution in [0.2, 0.25) is 5.02 Å². The van der Waals surface area contributed by atoms with E-state index in [0.717, 1.165) is 43.1 Å². The predicted octanol–water partition coefficient (Wildman–Crippen LogP) is 5.36. The molecule has 4 rings (SSSR count). The number of hydrogen-bond acceptors (Lipinski definition) is 2. The van der Waals surface area contributed by atoms with Crippen molar-refractivity contribution < 1.29 is 9.31 Å². The Morgan fingerprint density at radius 1 is 1.30 bits per heavy atom. The van der Waals surface area contributed by atoms with Crippen LogP contribution in [0.25, 0.3) is 0 Å². The fourth-order valence-corrected chi connectivity index (χ4v) is 5.16. The first kappa shape index (κ1) is 18.9. The minimum absolute atomic E-state index is 0.0751. The van der Waals surface area contributed by atoms with E-state index in [4.69, 9.17) is 16.3 Å². The second kappa shape index (κ2) is 7.50. The third kappa shape index (κ3) is 3.51. The zero-order valence-corrected chi connectivity index (χ0v) is 17.7. The van der Waals surface area contributed by atoms with E-state index < -0.39 is 0 Å². The summed E-state index contributed by atoms with van der Waals surface area (Å²) in [4.78, 5) is 2.53. The highest BCUT2D eigenvalue weighted by Gasteiger charge is 2.41. The van der Waals surface area contributed by atoms with Crippen LogP contribution in [-0.2, 0) is 10.2 Å².